The Kier molecular flexibility index (Phi) is 5.72. The van der Waals surface area contributed by atoms with Gasteiger partial charge >= 0.3 is 5.97 Å². The zero-order valence-electron chi connectivity index (χ0n) is 11.1. The van der Waals surface area contributed by atoms with Crippen molar-refractivity contribution in [1.82, 2.24) is 0 Å². The van der Waals surface area contributed by atoms with Crippen molar-refractivity contribution in [3.8, 4) is 17.0 Å². The van der Waals surface area contributed by atoms with Crippen molar-refractivity contribution in [1.29, 1.82) is 0 Å². The second-order valence-corrected chi connectivity index (χ2v) is 4.34. The first-order valence-corrected chi connectivity index (χ1v) is 6.54. The van der Waals surface area contributed by atoms with Crippen LogP contribution in [0.3, 0.4) is 0 Å². The number of carbonyl (C=O) groups is 1. The van der Waals surface area contributed by atoms with Crippen LogP contribution in [0.4, 0.5) is 0 Å². The molecular weight excluding hydrogens is 264 g/mol. The molecule has 0 spiro atoms. The molecule has 3 nitrogen and oxygen atoms in total. The predicted octanol–water partition coefficient (Wildman–Crippen LogP) is 3.41. The third-order valence-corrected chi connectivity index (χ3v) is 3.52. The van der Waals surface area contributed by atoms with Gasteiger partial charge in [-0.1, -0.05) is 32.0 Å². The van der Waals surface area contributed by atoms with Crippen LogP contribution in [0.15, 0.2) is 24.3 Å². The van der Waals surface area contributed by atoms with Crippen LogP contribution >= 0.6 is 11.6 Å². The Bertz CT molecular complexity index is 496. The van der Waals surface area contributed by atoms with Gasteiger partial charge in [-0.15, -0.1) is 0 Å². The Labute approximate surface area is 118 Å². The Morgan fingerprint density at radius 2 is 2.00 bits per heavy atom. The second-order valence-electron chi connectivity index (χ2n) is 4.15. The molecule has 0 amide bonds. The van der Waals surface area contributed by atoms with Crippen molar-refractivity contribution >= 4 is 17.6 Å². The van der Waals surface area contributed by atoms with Gasteiger partial charge in [0.2, 0.25) is 0 Å². The molecule has 19 heavy (non-hydrogen) atoms. The number of benzene rings is 1. The van der Waals surface area contributed by atoms with Crippen molar-refractivity contribution in [2.45, 2.75) is 32.1 Å². The number of aliphatic carboxylic acids is 1. The average Bonchev–Trinajstić information content (AvgIpc) is 2.42. The Morgan fingerprint density at radius 1 is 1.37 bits per heavy atom. The molecule has 0 saturated heterocycles. The molecule has 0 aliphatic rings. The predicted molar refractivity (Wildman–Crippen MR) is 75.5 cm³/mol. The maximum atomic E-state index is 11.7. The van der Waals surface area contributed by atoms with E-state index in [1.807, 2.05) is 26.0 Å². The minimum absolute atomic E-state index is 0.143. The van der Waals surface area contributed by atoms with E-state index in [-0.39, 0.29) is 6.61 Å². The topological polar surface area (TPSA) is 46.5 Å². The molecule has 0 aliphatic heterocycles. The molecule has 0 fully saturated rings. The summed E-state index contributed by atoms with van der Waals surface area (Å²) in [5, 5.41) is 11.8. The van der Waals surface area contributed by atoms with Gasteiger partial charge in [-0.25, -0.2) is 0 Å². The number of hydrogen-bond donors (Lipinski definition) is 1. The summed E-state index contributed by atoms with van der Waals surface area (Å²) in [4.78, 5) is 11.7. The molecule has 0 aromatic heterocycles. The highest BCUT2D eigenvalue weighted by Crippen LogP contribution is 2.37. The number of para-hydroxylation sites is 1. The number of halogens is 1. The molecular formula is C15H17ClO3. The van der Waals surface area contributed by atoms with Gasteiger partial charge in [0.1, 0.15) is 12.4 Å². The Balaban J connectivity index is 3.22. The van der Waals surface area contributed by atoms with Gasteiger partial charge in [-0.05, 0) is 36.4 Å². The SMILES string of the molecule is CCC(CC)(C(=O)O)c1ccccc1OCC#CCl. The van der Waals surface area contributed by atoms with E-state index in [4.69, 9.17) is 16.3 Å². The van der Waals surface area contributed by atoms with Crippen molar-refractivity contribution in [3.05, 3.63) is 29.8 Å². The van der Waals surface area contributed by atoms with Gasteiger partial charge < -0.3 is 9.84 Å². The molecule has 1 rings (SSSR count). The third-order valence-electron chi connectivity index (χ3n) is 3.39. The van der Waals surface area contributed by atoms with Crippen LogP contribution in [0.5, 0.6) is 5.75 Å². The maximum Gasteiger partial charge on any atom is 0.314 e. The van der Waals surface area contributed by atoms with Gasteiger partial charge in [-0.3, -0.25) is 4.79 Å². The maximum absolute atomic E-state index is 11.7. The fourth-order valence-corrected chi connectivity index (χ4v) is 2.23. The molecule has 0 radical (unpaired) electrons. The van der Waals surface area contributed by atoms with E-state index >= 15 is 0 Å². The van der Waals surface area contributed by atoms with Crippen molar-refractivity contribution in [2.75, 3.05) is 6.61 Å². The molecule has 102 valence electrons. The van der Waals surface area contributed by atoms with E-state index in [1.54, 1.807) is 12.1 Å². The van der Waals surface area contributed by atoms with E-state index in [0.717, 1.165) is 0 Å². The third kappa shape index (κ3) is 3.21. The lowest BCUT2D eigenvalue weighted by Gasteiger charge is -2.29. The first-order chi connectivity index (χ1) is 9.12. The van der Waals surface area contributed by atoms with Gasteiger partial charge in [0.25, 0.3) is 0 Å². The van der Waals surface area contributed by atoms with Crippen LogP contribution < -0.4 is 4.74 Å². The van der Waals surface area contributed by atoms with Crippen molar-refractivity contribution in [2.24, 2.45) is 0 Å². The van der Waals surface area contributed by atoms with E-state index in [9.17, 15) is 9.90 Å². The quantitative estimate of drug-likeness (QED) is 0.812. The van der Waals surface area contributed by atoms with Crippen molar-refractivity contribution in [3.63, 3.8) is 0 Å². The molecule has 0 saturated carbocycles. The monoisotopic (exact) mass is 280 g/mol. The summed E-state index contributed by atoms with van der Waals surface area (Å²) in [6, 6.07) is 7.18. The van der Waals surface area contributed by atoms with E-state index < -0.39 is 11.4 Å². The first-order valence-electron chi connectivity index (χ1n) is 6.16. The molecule has 1 aromatic rings. The lowest BCUT2D eigenvalue weighted by atomic mass is 9.75. The lowest BCUT2D eigenvalue weighted by molar-refractivity contribution is -0.144. The number of hydrogen-bond acceptors (Lipinski definition) is 2. The van der Waals surface area contributed by atoms with Crippen LogP contribution in [0.25, 0.3) is 0 Å². The molecule has 0 aliphatic carbocycles. The number of carboxylic acids is 1. The standard InChI is InChI=1S/C15H17ClO3/c1-3-15(4-2,14(17)18)12-8-5-6-9-13(12)19-11-7-10-16/h5-6,8-9H,3-4,11H2,1-2H3,(H,17,18). The van der Waals surface area contributed by atoms with Crippen LogP contribution in [-0.4, -0.2) is 17.7 Å². The highest BCUT2D eigenvalue weighted by Gasteiger charge is 2.39. The minimum atomic E-state index is -0.926. The summed E-state index contributed by atoms with van der Waals surface area (Å²) < 4.78 is 5.52. The average molecular weight is 281 g/mol. The minimum Gasteiger partial charge on any atom is -0.481 e. The number of ether oxygens (including phenoxy) is 1. The Morgan fingerprint density at radius 3 is 2.53 bits per heavy atom. The lowest BCUT2D eigenvalue weighted by Crippen LogP contribution is -2.35. The van der Waals surface area contributed by atoms with Gasteiger partial charge in [0.05, 0.1) is 5.41 Å². The zero-order valence-corrected chi connectivity index (χ0v) is 11.8. The Hall–Kier alpha value is -1.66. The summed E-state index contributed by atoms with van der Waals surface area (Å²) >= 11 is 5.27. The van der Waals surface area contributed by atoms with Gasteiger partial charge in [-0.2, -0.15) is 0 Å². The summed E-state index contributed by atoms with van der Waals surface area (Å²) in [6.07, 6.45) is 1.00. The molecule has 4 heteroatoms. The van der Waals surface area contributed by atoms with Crippen molar-refractivity contribution < 1.29 is 14.6 Å². The van der Waals surface area contributed by atoms with Crippen LogP contribution in [-0.2, 0) is 10.2 Å². The molecule has 0 unspecified atom stereocenters. The van der Waals surface area contributed by atoms with Crippen LogP contribution in [0.2, 0.25) is 0 Å². The van der Waals surface area contributed by atoms with E-state index in [2.05, 4.69) is 11.3 Å². The highest BCUT2D eigenvalue weighted by molar-refractivity contribution is 6.30. The fourth-order valence-electron chi connectivity index (χ4n) is 2.18. The summed E-state index contributed by atoms with van der Waals surface area (Å²) in [5.74, 6) is 2.30. The van der Waals surface area contributed by atoms with Crippen LogP contribution in [0.1, 0.15) is 32.3 Å². The second kappa shape index (κ2) is 7.06. The zero-order chi connectivity index (χ0) is 14.3. The van der Waals surface area contributed by atoms with Crippen LogP contribution in [0, 0.1) is 11.3 Å². The molecule has 0 heterocycles. The smallest absolute Gasteiger partial charge is 0.314 e. The molecule has 1 aromatic carbocycles. The summed E-state index contributed by atoms with van der Waals surface area (Å²) in [7, 11) is 0. The summed E-state index contributed by atoms with van der Waals surface area (Å²) in [6.45, 7) is 3.88. The van der Waals surface area contributed by atoms with E-state index in [0.29, 0.717) is 24.2 Å². The molecule has 1 N–H and O–H groups in total. The fraction of sp³-hybridized carbons (Fsp3) is 0.400. The molecule has 0 bridgehead atoms. The van der Waals surface area contributed by atoms with E-state index in [1.165, 1.54) is 0 Å². The highest BCUT2D eigenvalue weighted by atomic mass is 35.5. The van der Waals surface area contributed by atoms with Gasteiger partial charge in [0, 0.05) is 10.9 Å². The number of rotatable bonds is 6. The first kappa shape index (κ1) is 15.4. The largest absolute Gasteiger partial charge is 0.481 e. The van der Waals surface area contributed by atoms with Gasteiger partial charge in [0.15, 0.2) is 0 Å². The summed E-state index contributed by atoms with van der Waals surface area (Å²) in [5.41, 5.74) is -0.241. The number of carboxylic acid groups (broad SMARTS) is 1. The normalized spacial score (nSPS) is 10.5. The molecule has 0 atom stereocenters.